The largest absolute Gasteiger partial charge is 0.441 e. The van der Waals surface area contributed by atoms with E-state index in [1.807, 2.05) is 43.7 Å². The van der Waals surface area contributed by atoms with Crippen molar-refractivity contribution in [3.63, 3.8) is 0 Å². The number of nitrogens with two attached hydrogens (primary N) is 1. The average Bonchev–Trinajstić information content (AvgIpc) is 2.87. The van der Waals surface area contributed by atoms with Gasteiger partial charge >= 0.3 is 0 Å². The third-order valence-corrected chi connectivity index (χ3v) is 3.31. The molecule has 0 fully saturated rings. The van der Waals surface area contributed by atoms with Gasteiger partial charge in [0.05, 0.1) is 17.9 Å². The number of benzene rings is 1. The molecular weight excluding hydrogens is 240 g/mol. The Morgan fingerprint density at radius 3 is 2.74 bits per heavy atom. The second kappa shape index (κ2) is 4.20. The Balaban J connectivity index is 2.21. The highest BCUT2D eigenvalue weighted by Crippen LogP contribution is 2.27. The summed E-state index contributed by atoms with van der Waals surface area (Å²) in [5, 5.41) is 0. The van der Waals surface area contributed by atoms with E-state index in [4.69, 9.17) is 10.2 Å². The fourth-order valence-electron chi connectivity index (χ4n) is 2.47. The van der Waals surface area contributed by atoms with Crippen LogP contribution in [0.15, 0.2) is 22.6 Å². The van der Waals surface area contributed by atoms with Crippen LogP contribution in [0, 0.1) is 13.8 Å². The van der Waals surface area contributed by atoms with Gasteiger partial charge in [-0.15, -0.1) is 0 Å². The number of oxazole rings is 1. The molecule has 2 N–H and O–H groups in total. The molecule has 0 saturated carbocycles. The smallest absolute Gasteiger partial charge is 0.192 e. The highest BCUT2D eigenvalue weighted by molar-refractivity contribution is 5.80. The quantitative estimate of drug-likeness (QED) is 0.763. The van der Waals surface area contributed by atoms with E-state index in [0.29, 0.717) is 12.4 Å². The predicted molar refractivity (Wildman–Crippen MR) is 73.6 cm³/mol. The molecule has 3 aromatic rings. The van der Waals surface area contributed by atoms with Gasteiger partial charge in [-0.3, -0.25) is 0 Å². The van der Waals surface area contributed by atoms with Crippen molar-refractivity contribution >= 4 is 11.1 Å². The molecule has 0 amide bonds. The summed E-state index contributed by atoms with van der Waals surface area (Å²) in [6, 6.07) is 6.00. The molecule has 98 valence electrons. The van der Waals surface area contributed by atoms with Gasteiger partial charge < -0.3 is 14.7 Å². The van der Waals surface area contributed by atoms with E-state index in [1.165, 1.54) is 0 Å². The van der Waals surface area contributed by atoms with Crippen LogP contribution >= 0.6 is 0 Å². The summed E-state index contributed by atoms with van der Waals surface area (Å²) in [6.45, 7) is 4.27. The van der Waals surface area contributed by atoms with Gasteiger partial charge in [0.1, 0.15) is 11.3 Å². The number of imidazole rings is 1. The first-order valence-corrected chi connectivity index (χ1v) is 6.20. The molecule has 0 saturated heterocycles. The molecule has 0 unspecified atom stereocenters. The molecule has 2 heterocycles. The lowest BCUT2D eigenvalue weighted by molar-refractivity contribution is 0.561. The molecule has 0 spiro atoms. The van der Waals surface area contributed by atoms with Gasteiger partial charge in [-0.1, -0.05) is 6.07 Å². The monoisotopic (exact) mass is 256 g/mol. The maximum Gasteiger partial charge on any atom is 0.192 e. The van der Waals surface area contributed by atoms with Crippen LogP contribution in [0.1, 0.15) is 17.4 Å². The second-order valence-corrected chi connectivity index (χ2v) is 4.64. The number of fused-ring (bicyclic) bond motifs is 1. The zero-order valence-electron chi connectivity index (χ0n) is 11.3. The van der Waals surface area contributed by atoms with Crippen LogP contribution in [0.2, 0.25) is 0 Å². The van der Waals surface area contributed by atoms with Crippen molar-refractivity contribution in [2.75, 3.05) is 0 Å². The van der Waals surface area contributed by atoms with Crippen LogP contribution in [0.4, 0.5) is 0 Å². The molecule has 3 rings (SSSR count). The van der Waals surface area contributed by atoms with Crippen molar-refractivity contribution in [2.45, 2.75) is 20.4 Å². The Bertz CT molecular complexity index is 754. The molecule has 0 aliphatic rings. The normalized spacial score (nSPS) is 11.4. The zero-order chi connectivity index (χ0) is 13.6. The molecule has 1 aromatic carbocycles. The maximum atomic E-state index is 5.69. The van der Waals surface area contributed by atoms with Crippen LogP contribution in [0.25, 0.3) is 22.4 Å². The minimum Gasteiger partial charge on any atom is -0.441 e. The standard InChI is InChI=1S/C14H16N4O/c1-8-14(18(3)13(7-15)16-8)10-4-5-11-12(6-10)19-9(2)17-11/h4-6H,7,15H2,1-3H3. The van der Waals surface area contributed by atoms with Crippen molar-refractivity contribution in [3.05, 3.63) is 35.6 Å². The predicted octanol–water partition coefficient (Wildman–Crippen LogP) is 2.30. The molecule has 5 heteroatoms. The van der Waals surface area contributed by atoms with Crippen LogP contribution in [0.3, 0.4) is 0 Å². The minimum atomic E-state index is 0.432. The highest BCUT2D eigenvalue weighted by atomic mass is 16.3. The van der Waals surface area contributed by atoms with Crippen molar-refractivity contribution in [2.24, 2.45) is 12.8 Å². The van der Waals surface area contributed by atoms with Gasteiger partial charge in [0, 0.05) is 19.5 Å². The SMILES string of the molecule is Cc1nc2ccc(-c3c(C)nc(CN)n3C)cc2o1. The van der Waals surface area contributed by atoms with Gasteiger partial charge in [0.15, 0.2) is 11.5 Å². The Labute approximate surface area is 111 Å². The molecule has 0 aliphatic heterocycles. The lowest BCUT2D eigenvalue weighted by Gasteiger charge is -2.05. The Morgan fingerprint density at radius 2 is 2.05 bits per heavy atom. The summed E-state index contributed by atoms with van der Waals surface area (Å²) in [7, 11) is 1.98. The summed E-state index contributed by atoms with van der Waals surface area (Å²) < 4.78 is 7.60. The Morgan fingerprint density at radius 1 is 1.26 bits per heavy atom. The molecule has 19 heavy (non-hydrogen) atoms. The van der Waals surface area contributed by atoms with Crippen LogP contribution in [0.5, 0.6) is 0 Å². The number of aryl methyl sites for hydroxylation is 2. The fraction of sp³-hybridized carbons (Fsp3) is 0.286. The van der Waals surface area contributed by atoms with Crippen LogP contribution < -0.4 is 5.73 Å². The van der Waals surface area contributed by atoms with Crippen LogP contribution in [-0.4, -0.2) is 14.5 Å². The van der Waals surface area contributed by atoms with Gasteiger partial charge in [-0.05, 0) is 19.1 Å². The van der Waals surface area contributed by atoms with E-state index in [0.717, 1.165) is 33.9 Å². The molecule has 0 atom stereocenters. The van der Waals surface area contributed by atoms with Crippen molar-refractivity contribution in [1.82, 2.24) is 14.5 Å². The lowest BCUT2D eigenvalue weighted by Crippen LogP contribution is -2.05. The van der Waals surface area contributed by atoms with E-state index in [2.05, 4.69) is 9.97 Å². The van der Waals surface area contributed by atoms with Gasteiger partial charge in [0.2, 0.25) is 0 Å². The topological polar surface area (TPSA) is 69.9 Å². The van der Waals surface area contributed by atoms with Crippen molar-refractivity contribution in [1.29, 1.82) is 0 Å². The second-order valence-electron chi connectivity index (χ2n) is 4.64. The summed E-state index contributed by atoms with van der Waals surface area (Å²) in [4.78, 5) is 8.79. The van der Waals surface area contributed by atoms with E-state index in [-0.39, 0.29) is 0 Å². The average molecular weight is 256 g/mol. The van der Waals surface area contributed by atoms with Crippen molar-refractivity contribution < 1.29 is 4.42 Å². The molecule has 0 radical (unpaired) electrons. The van der Waals surface area contributed by atoms with Gasteiger partial charge in [-0.25, -0.2) is 9.97 Å². The van der Waals surface area contributed by atoms with Crippen molar-refractivity contribution in [3.8, 4) is 11.3 Å². The Kier molecular flexibility index (Phi) is 2.64. The third-order valence-electron chi connectivity index (χ3n) is 3.31. The Hall–Kier alpha value is -2.14. The minimum absolute atomic E-state index is 0.432. The zero-order valence-corrected chi connectivity index (χ0v) is 11.3. The number of nitrogens with zero attached hydrogens (tertiary/aromatic N) is 3. The summed E-state index contributed by atoms with van der Waals surface area (Å²) in [5.74, 6) is 1.55. The lowest BCUT2D eigenvalue weighted by atomic mass is 10.1. The molecule has 2 aromatic heterocycles. The van der Waals surface area contributed by atoms with E-state index < -0.39 is 0 Å². The first kappa shape index (κ1) is 11.9. The summed E-state index contributed by atoms with van der Waals surface area (Å²) >= 11 is 0. The molecule has 0 aliphatic carbocycles. The first-order chi connectivity index (χ1) is 9.10. The summed E-state index contributed by atoms with van der Waals surface area (Å²) in [5.41, 5.74) is 10.5. The van der Waals surface area contributed by atoms with Gasteiger partial charge in [0.25, 0.3) is 0 Å². The molecule has 0 bridgehead atoms. The van der Waals surface area contributed by atoms with Gasteiger partial charge in [-0.2, -0.15) is 0 Å². The van der Waals surface area contributed by atoms with Crippen LogP contribution in [-0.2, 0) is 13.6 Å². The van der Waals surface area contributed by atoms with E-state index in [9.17, 15) is 0 Å². The number of hydrogen-bond donors (Lipinski definition) is 1. The van der Waals surface area contributed by atoms with E-state index in [1.54, 1.807) is 0 Å². The first-order valence-electron chi connectivity index (χ1n) is 6.20. The number of aromatic nitrogens is 3. The van der Waals surface area contributed by atoms with E-state index >= 15 is 0 Å². The molecular formula is C14H16N4O. The maximum absolute atomic E-state index is 5.69. The third kappa shape index (κ3) is 1.82. The highest BCUT2D eigenvalue weighted by Gasteiger charge is 2.13. The summed E-state index contributed by atoms with van der Waals surface area (Å²) in [6.07, 6.45) is 0. The molecule has 5 nitrogen and oxygen atoms in total. The fourth-order valence-corrected chi connectivity index (χ4v) is 2.47. The number of rotatable bonds is 2. The number of hydrogen-bond acceptors (Lipinski definition) is 4.